The van der Waals surface area contributed by atoms with Crippen LogP contribution in [0.3, 0.4) is 0 Å². The fraction of sp³-hybridized carbons (Fsp3) is 0.625. The van der Waals surface area contributed by atoms with Gasteiger partial charge in [-0.2, -0.15) is 0 Å². The number of nitrogens with zero attached hydrogens (tertiary/aromatic N) is 1. The minimum atomic E-state index is -1.24. The highest BCUT2D eigenvalue weighted by Gasteiger charge is 2.24. The number of amides is 4. The summed E-state index contributed by atoms with van der Waals surface area (Å²) in [4.78, 5) is 61.7. The monoisotopic (exact) mass is 430 g/mol. The molecule has 0 saturated heterocycles. The van der Waals surface area contributed by atoms with Crippen LogP contribution < -0.4 is 38.9 Å². The molecule has 12 N–H and O–H groups in total. The molecule has 0 heterocycles. The van der Waals surface area contributed by atoms with Crippen molar-refractivity contribution in [3.8, 4) is 0 Å². The largest absolute Gasteiger partial charge is 0.480 e. The lowest BCUT2D eigenvalue weighted by molar-refractivity contribution is -0.141. The number of nitrogens with one attached hydrogen (secondary N) is 3. The van der Waals surface area contributed by atoms with Gasteiger partial charge in [0.25, 0.3) is 0 Å². The zero-order valence-corrected chi connectivity index (χ0v) is 16.7. The van der Waals surface area contributed by atoms with Crippen molar-refractivity contribution in [2.24, 2.45) is 27.9 Å². The average Bonchev–Trinajstić information content (AvgIpc) is 2.65. The van der Waals surface area contributed by atoms with Gasteiger partial charge in [0, 0.05) is 13.0 Å². The highest BCUT2D eigenvalue weighted by Crippen LogP contribution is 2.01. The first-order valence-corrected chi connectivity index (χ1v) is 9.13. The van der Waals surface area contributed by atoms with E-state index in [2.05, 4.69) is 20.9 Å². The number of hydrogen-bond acceptors (Lipinski definition) is 7. The zero-order valence-electron chi connectivity index (χ0n) is 16.7. The van der Waals surface area contributed by atoms with Crippen molar-refractivity contribution < 1.29 is 29.1 Å². The number of rotatable bonds is 14. The third-order valence-electron chi connectivity index (χ3n) is 3.79. The molecule has 14 nitrogen and oxygen atoms in total. The van der Waals surface area contributed by atoms with Crippen molar-refractivity contribution in [1.82, 2.24) is 16.0 Å². The molecule has 0 bridgehead atoms. The van der Waals surface area contributed by atoms with Gasteiger partial charge >= 0.3 is 5.97 Å². The summed E-state index contributed by atoms with van der Waals surface area (Å²) in [7, 11) is 0. The summed E-state index contributed by atoms with van der Waals surface area (Å²) in [6, 6.07) is -3.27. The number of carboxylic acid groups (broad SMARTS) is 1. The molecule has 0 aromatic carbocycles. The third kappa shape index (κ3) is 12.1. The lowest BCUT2D eigenvalue weighted by Crippen LogP contribution is -2.53. The molecule has 0 saturated carbocycles. The summed E-state index contributed by atoms with van der Waals surface area (Å²) >= 11 is 0. The Bertz CT molecular complexity index is 664. The standard InChI is InChI=1S/C16H30N8O6/c1-8(15(29)30)23-12(26)7-22-14(28)10(4-5-11(18)25)24-13(27)9(17)3-2-6-21-16(19)20/h8-10H,2-7,17H2,1H3,(H2,18,25)(H,22,28)(H,23,26)(H,24,27)(H,29,30)(H4,19,20,21). The Morgan fingerprint density at radius 1 is 1.00 bits per heavy atom. The Morgan fingerprint density at radius 2 is 1.63 bits per heavy atom. The van der Waals surface area contributed by atoms with Gasteiger partial charge in [0.2, 0.25) is 23.6 Å². The van der Waals surface area contributed by atoms with Crippen LogP contribution in [0.2, 0.25) is 0 Å². The topological polar surface area (TPSA) is 258 Å². The lowest BCUT2D eigenvalue weighted by atomic mass is 10.1. The summed E-state index contributed by atoms with van der Waals surface area (Å²) in [5.41, 5.74) is 21.2. The van der Waals surface area contributed by atoms with E-state index in [-0.39, 0.29) is 31.8 Å². The van der Waals surface area contributed by atoms with Gasteiger partial charge in [-0.3, -0.25) is 29.0 Å². The number of primary amides is 1. The van der Waals surface area contributed by atoms with Gasteiger partial charge in [0.15, 0.2) is 5.96 Å². The van der Waals surface area contributed by atoms with Gasteiger partial charge < -0.3 is 44.0 Å². The van der Waals surface area contributed by atoms with Crippen LogP contribution in [-0.4, -0.2) is 71.9 Å². The minimum absolute atomic E-state index is 0.0852. The fourth-order valence-electron chi connectivity index (χ4n) is 2.13. The van der Waals surface area contributed by atoms with Gasteiger partial charge in [-0.1, -0.05) is 0 Å². The number of carbonyl (C=O) groups is 5. The van der Waals surface area contributed by atoms with Gasteiger partial charge in [-0.25, -0.2) is 0 Å². The van der Waals surface area contributed by atoms with Crippen molar-refractivity contribution in [2.75, 3.05) is 13.1 Å². The maximum absolute atomic E-state index is 12.3. The minimum Gasteiger partial charge on any atom is -0.480 e. The quantitative estimate of drug-likeness (QED) is 0.0753. The van der Waals surface area contributed by atoms with Crippen LogP contribution in [0.1, 0.15) is 32.6 Å². The molecule has 0 aliphatic rings. The smallest absolute Gasteiger partial charge is 0.325 e. The van der Waals surface area contributed by atoms with Crippen LogP contribution in [0.25, 0.3) is 0 Å². The molecule has 0 aliphatic carbocycles. The van der Waals surface area contributed by atoms with Crippen molar-refractivity contribution in [3.05, 3.63) is 0 Å². The normalized spacial score (nSPS) is 13.3. The van der Waals surface area contributed by atoms with Crippen molar-refractivity contribution in [2.45, 2.75) is 50.7 Å². The molecule has 0 fully saturated rings. The van der Waals surface area contributed by atoms with E-state index in [1.165, 1.54) is 6.92 Å². The molecular weight excluding hydrogens is 400 g/mol. The van der Waals surface area contributed by atoms with E-state index in [1.54, 1.807) is 0 Å². The fourth-order valence-corrected chi connectivity index (χ4v) is 2.13. The van der Waals surface area contributed by atoms with Crippen LogP contribution >= 0.6 is 0 Å². The molecule has 0 aromatic heterocycles. The first-order valence-electron chi connectivity index (χ1n) is 9.13. The SMILES string of the molecule is CC(NC(=O)CNC(=O)C(CCC(N)=O)NC(=O)C(N)CCCN=C(N)N)C(=O)O. The molecule has 170 valence electrons. The molecule has 3 unspecified atom stereocenters. The number of nitrogens with two attached hydrogens (primary N) is 4. The number of hydrogen-bond donors (Lipinski definition) is 8. The molecular formula is C16H30N8O6. The van der Waals surface area contributed by atoms with Gasteiger partial charge in [-0.05, 0) is 26.2 Å². The van der Waals surface area contributed by atoms with Crippen LogP contribution in [0, 0.1) is 0 Å². The van der Waals surface area contributed by atoms with E-state index in [4.69, 9.17) is 28.0 Å². The molecule has 14 heteroatoms. The van der Waals surface area contributed by atoms with Crippen molar-refractivity contribution in [1.29, 1.82) is 0 Å². The second kappa shape index (κ2) is 13.7. The number of carboxylic acids is 1. The Hall–Kier alpha value is -3.42. The second-order valence-corrected chi connectivity index (χ2v) is 6.47. The molecule has 3 atom stereocenters. The Labute approximate surface area is 173 Å². The molecule has 0 rings (SSSR count). The van der Waals surface area contributed by atoms with Gasteiger partial charge in [0.05, 0.1) is 12.6 Å². The zero-order chi connectivity index (χ0) is 23.3. The van der Waals surface area contributed by atoms with Crippen molar-refractivity contribution in [3.63, 3.8) is 0 Å². The van der Waals surface area contributed by atoms with Crippen molar-refractivity contribution >= 4 is 35.6 Å². The number of aliphatic imine (C=N–C) groups is 1. The van der Waals surface area contributed by atoms with E-state index >= 15 is 0 Å². The van der Waals surface area contributed by atoms with E-state index in [1.807, 2.05) is 0 Å². The Balaban J connectivity index is 4.76. The second-order valence-electron chi connectivity index (χ2n) is 6.47. The summed E-state index contributed by atoms with van der Waals surface area (Å²) < 4.78 is 0. The van der Waals surface area contributed by atoms with E-state index in [0.717, 1.165) is 0 Å². The molecule has 0 aliphatic heterocycles. The average molecular weight is 430 g/mol. The first-order chi connectivity index (χ1) is 13.9. The molecule has 0 spiro atoms. The maximum Gasteiger partial charge on any atom is 0.325 e. The summed E-state index contributed by atoms with van der Waals surface area (Å²) in [6.45, 7) is 1.01. The number of aliphatic carboxylic acids is 1. The predicted molar refractivity (Wildman–Crippen MR) is 106 cm³/mol. The summed E-state index contributed by atoms with van der Waals surface area (Å²) in [5.74, 6) is -4.15. The molecule has 4 amide bonds. The number of carbonyl (C=O) groups excluding carboxylic acids is 4. The summed E-state index contributed by atoms with van der Waals surface area (Å²) in [6.07, 6.45) is 0.357. The van der Waals surface area contributed by atoms with Gasteiger partial charge in [-0.15, -0.1) is 0 Å². The first kappa shape index (κ1) is 26.6. The summed E-state index contributed by atoms with van der Waals surface area (Å²) in [5, 5.41) is 15.6. The van der Waals surface area contributed by atoms with Gasteiger partial charge in [0.1, 0.15) is 12.1 Å². The highest BCUT2D eigenvalue weighted by atomic mass is 16.4. The van der Waals surface area contributed by atoms with Crippen LogP contribution in [0.15, 0.2) is 4.99 Å². The highest BCUT2D eigenvalue weighted by molar-refractivity contribution is 5.92. The molecule has 30 heavy (non-hydrogen) atoms. The van der Waals surface area contributed by atoms with E-state index < -0.39 is 54.3 Å². The number of guanidine groups is 1. The van der Waals surface area contributed by atoms with Crippen LogP contribution in [-0.2, 0) is 24.0 Å². The maximum atomic E-state index is 12.3. The lowest BCUT2D eigenvalue weighted by Gasteiger charge is -2.20. The Morgan fingerprint density at radius 3 is 2.17 bits per heavy atom. The third-order valence-corrected chi connectivity index (χ3v) is 3.79. The Kier molecular flexibility index (Phi) is 12.1. The van der Waals surface area contributed by atoms with E-state index in [9.17, 15) is 24.0 Å². The van der Waals surface area contributed by atoms with E-state index in [0.29, 0.717) is 6.42 Å². The van der Waals surface area contributed by atoms with Crippen LogP contribution in [0.5, 0.6) is 0 Å². The predicted octanol–water partition coefficient (Wildman–Crippen LogP) is -4.18. The van der Waals surface area contributed by atoms with Crippen LogP contribution in [0.4, 0.5) is 0 Å². The molecule has 0 radical (unpaired) electrons. The molecule has 0 aromatic rings.